The highest BCUT2D eigenvalue weighted by molar-refractivity contribution is 7.15. The van der Waals surface area contributed by atoms with Crippen LogP contribution in [0.25, 0.3) is 26.6 Å². The number of benzene rings is 2. The number of nitrogens with zero attached hydrogens (tertiary/aromatic N) is 11. The van der Waals surface area contributed by atoms with E-state index in [0.29, 0.717) is 37.0 Å². The Morgan fingerprint density at radius 3 is 2.33 bits per heavy atom. The molecule has 5 atom stereocenters. The molecule has 19 heteroatoms. The van der Waals surface area contributed by atoms with Gasteiger partial charge in [-0.15, -0.1) is 32.9 Å². The Bertz CT molecular complexity index is 3190. The van der Waals surface area contributed by atoms with Gasteiger partial charge in [0.05, 0.1) is 46.6 Å². The number of fused-ring (bicyclic) bond motifs is 3. The molecule has 2 fully saturated rings. The van der Waals surface area contributed by atoms with Gasteiger partial charge in [0.25, 0.3) is 0 Å². The SMILES string of the molecule is Cc1ncsc1-c1ccc([C@H](C)NC(=O)[C@@H]2C[C@@H](O)CN2C(=O)[C@@H](C(C)C)n2cc(-c3ccnc(N4CCN(C(=O)C[C@@H]5N=C(c6ccc(Cl)cc6)c6c(sc(C)c6C)-n6c(C)nnc65)CC4)c3)cn2)cc1. The quantitative estimate of drug-likeness (QED) is 0.121. The number of hydrogen-bond donors (Lipinski definition) is 2. The summed E-state index contributed by atoms with van der Waals surface area (Å²) in [5.41, 5.74) is 10.4. The molecule has 7 aromatic rings. The van der Waals surface area contributed by atoms with Gasteiger partial charge in [0.2, 0.25) is 17.7 Å². The maximum absolute atomic E-state index is 14.5. The van der Waals surface area contributed by atoms with Crippen molar-refractivity contribution in [2.75, 3.05) is 37.6 Å². The van der Waals surface area contributed by atoms with Crippen molar-refractivity contribution >= 4 is 63.5 Å². The van der Waals surface area contributed by atoms with Crippen molar-refractivity contribution in [2.24, 2.45) is 10.9 Å². The number of carbonyl (C=O) groups excluding carboxylic acids is 3. The van der Waals surface area contributed by atoms with Crippen molar-refractivity contribution in [2.45, 2.75) is 91.6 Å². The number of aromatic nitrogens is 7. The minimum absolute atomic E-state index is 0.0123. The Morgan fingerprint density at radius 2 is 1.62 bits per heavy atom. The molecule has 72 heavy (non-hydrogen) atoms. The van der Waals surface area contributed by atoms with E-state index in [-0.39, 0.29) is 49.1 Å². The van der Waals surface area contributed by atoms with Gasteiger partial charge >= 0.3 is 0 Å². The van der Waals surface area contributed by atoms with Crippen LogP contribution in [0.5, 0.6) is 0 Å². The first-order valence-electron chi connectivity index (χ1n) is 24.3. The number of aryl methyl sites for hydroxylation is 3. The number of aliphatic hydroxyl groups excluding tert-OH is 1. The highest BCUT2D eigenvalue weighted by Gasteiger charge is 2.43. The molecule has 0 aliphatic carbocycles. The number of rotatable bonds is 12. The van der Waals surface area contributed by atoms with E-state index in [2.05, 4.69) is 43.8 Å². The Hall–Kier alpha value is -6.60. The molecule has 2 saturated heterocycles. The summed E-state index contributed by atoms with van der Waals surface area (Å²) in [6, 6.07) is 17.2. The maximum Gasteiger partial charge on any atom is 0.248 e. The fourth-order valence-corrected chi connectivity index (χ4v) is 12.2. The van der Waals surface area contributed by atoms with Crippen LogP contribution in [-0.4, -0.2) is 118 Å². The van der Waals surface area contributed by atoms with E-state index in [4.69, 9.17) is 26.7 Å². The lowest BCUT2D eigenvalue weighted by molar-refractivity contribution is -0.142. The molecule has 16 nitrogen and oxygen atoms in total. The van der Waals surface area contributed by atoms with E-state index in [1.807, 2.05) is 112 Å². The standard InChI is InChI=1S/C53H57ClN12O4S2/c1-29(2)48(52(70)64-27-41(67)23-43(64)51(69)58-31(4)35-8-10-37(11-9-35)49-32(5)56-28-71-49)65-26-39(25-57-65)38-16-17-55-44(22-38)62-18-20-63(21-19-62)45(68)24-42-50-61-60-34(7)66(50)53-46(30(3)33(6)72-53)47(59-42)36-12-14-40(54)15-13-36/h8-17,22,25-26,28-29,31,41-43,48,67H,18-21,23-24,27H2,1-7H3,(H,58,69)/t31-,41+,42-,43-,48+/m0/s1. The number of anilines is 1. The summed E-state index contributed by atoms with van der Waals surface area (Å²) in [5.74, 6) is 1.38. The summed E-state index contributed by atoms with van der Waals surface area (Å²) in [5, 5.41) is 29.3. The molecule has 0 saturated carbocycles. The number of thiophene rings is 1. The van der Waals surface area contributed by atoms with Crippen molar-refractivity contribution in [3.63, 3.8) is 0 Å². The number of pyridine rings is 1. The lowest BCUT2D eigenvalue weighted by atomic mass is 9.99. The summed E-state index contributed by atoms with van der Waals surface area (Å²) in [4.78, 5) is 64.9. The van der Waals surface area contributed by atoms with Gasteiger partial charge in [-0.1, -0.05) is 61.8 Å². The van der Waals surface area contributed by atoms with Gasteiger partial charge in [-0.25, -0.2) is 9.97 Å². The lowest BCUT2D eigenvalue weighted by Gasteiger charge is -2.36. The zero-order chi connectivity index (χ0) is 50.5. The van der Waals surface area contributed by atoms with Crippen LogP contribution >= 0.6 is 34.3 Å². The predicted molar refractivity (Wildman–Crippen MR) is 281 cm³/mol. The minimum Gasteiger partial charge on any atom is -0.391 e. The summed E-state index contributed by atoms with van der Waals surface area (Å²) < 4.78 is 3.74. The van der Waals surface area contributed by atoms with Gasteiger partial charge in [-0.2, -0.15) is 5.10 Å². The first-order valence-corrected chi connectivity index (χ1v) is 26.4. The minimum atomic E-state index is -0.837. The second kappa shape index (κ2) is 20.1. The molecule has 0 bridgehead atoms. The van der Waals surface area contributed by atoms with Gasteiger partial charge in [0, 0.05) is 78.1 Å². The molecule has 0 unspecified atom stereocenters. The average Bonchev–Trinajstić information content (AvgIpc) is 4.22. The lowest BCUT2D eigenvalue weighted by Crippen LogP contribution is -2.49. The Labute approximate surface area is 431 Å². The van der Waals surface area contributed by atoms with E-state index in [9.17, 15) is 19.5 Å². The maximum atomic E-state index is 14.5. The number of β-amino-alcohol motifs (C(OH)–C–C–N with tert-alkyl or cyclic N) is 1. The first-order chi connectivity index (χ1) is 34.6. The highest BCUT2D eigenvalue weighted by atomic mass is 35.5. The van der Waals surface area contributed by atoms with Gasteiger partial charge in [-0.05, 0) is 87.1 Å². The number of amides is 3. The van der Waals surface area contributed by atoms with Gasteiger partial charge in [0.1, 0.15) is 34.8 Å². The van der Waals surface area contributed by atoms with Crippen LogP contribution < -0.4 is 10.2 Å². The molecule has 10 rings (SSSR count). The summed E-state index contributed by atoms with van der Waals surface area (Å²) in [7, 11) is 0. The number of nitrogens with one attached hydrogen (secondary N) is 1. The molecule has 3 aliphatic heterocycles. The molecule has 0 spiro atoms. The van der Waals surface area contributed by atoms with Gasteiger partial charge < -0.3 is 25.1 Å². The van der Waals surface area contributed by atoms with E-state index >= 15 is 0 Å². The van der Waals surface area contributed by atoms with Crippen LogP contribution in [0, 0.1) is 33.6 Å². The Balaban J connectivity index is 0.798. The zero-order valence-electron chi connectivity index (χ0n) is 41.3. The average molecular weight is 1030 g/mol. The molecule has 2 aromatic carbocycles. The van der Waals surface area contributed by atoms with Crippen LogP contribution in [0.3, 0.4) is 0 Å². The normalized spacial score (nSPS) is 18.7. The number of piperazine rings is 1. The van der Waals surface area contributed by atoms with Gasteiger partial charge in [0.15, 0.2) is 5.82 Å². The second-order valence-electron chi connectivity index (χ2n) is 19.3. The first kappa shape index (κ1) is 49.0. The molecule has 8 heterocycles. The van der Waals surface area contributed by atoms with Crippen LogP contribution in [0.4, 0.5) is 5.82 Å². The molecule has 0 radical (unpaired) electrons. The Kier molecular flexibility index (Phi) is 13.7. The number of aliphatic hydroxyl groups is 1. The number of halogens is 1. The topological polar surface area (TPSA) is 180 Å². The van der Waals surface area contributed by atoms with Gasteiger partial charge in [-0.3, -0.25) is 28.6 Å². The number of hydrogen-bond acceptors (Lipinski definition) is 13. The molecular weight excluding hydrogens is 968 g/mol. The van der Waals surface area contributed by atoms with Crippen LogP contribution in [0.1, 0.15) is 96.2 Å². The summed E-state index contributed by atoms with van der Waals surface area (Å²) in [6.07, 6.45) is 4.81. The zero-order valence-corrected chi connectivity index (χ0v) is 43.7. The fourth-order valence-electron chi connectivity index (χ4n) is 10.1. The molecule has 3 amide bonds. The Morgan fingerprint density at radius 1 is 0.889 bits per heavy atom. The largest absolute Gasteiger partial charge is 0.391 e. The second-order valence-corrected chi connectivity index (χ2v) is 21.8. The fraction of sp³-hybridized carbons (Fsp3) is 0.377. The summed E-state index contributed by atoms with van der Waals surface area (Å²) >= 11 is 9.58. The third kappa shape index (κ3) is 9.48. The van der Waals surface area contributed by atoms with E-state index in [1.54, 1.807) is 39.7 Å². The molecular formula is C53H57ClN12O4S2. The van der Waals surface area contributed by atoms with Crippen molar-refractivity contribution in [1.82, 2.24) is 49.6 Å². The van der Waals surface area contributed by atoms with Crippen LogP contribution in [0.15, 0.2) is 89.8 Å². The van der Waals surface area contributed by atoms with E-state index < -0.39 is 24.2 Å². The highest BCUT2D eigenvalue weighted by Crippen LogP contribution is 2.40. The number of aliphatic imine (C=N–C) groups is 1. The predicted octanol–water partition coefficient (Wildman–Crippen LogP) is 8.27. The third-order valence-electron chi connectivity index (χ3n) is 14.2. The number of thiazole rings is 1. The third-order valence-corrected chi connectivity index (χ3v) is 16.6. The number of likely N-dealkylation sites (tertiary alicyclic amines) is 1. The number of carbonyl (C=O) groups is 3. The molecule has 372 valence electrons. The molecule has 5 aromatic heterocycles. The molecule has 2 N–H and O–H groups in total. The summed E-state index contributed by atoms with van der Waals surface area (Å²) in [6.45, 7) is 16.2. The van der Waals surface area contributed by atoms with E-state index in [0.717, 1.165) is 71.9 Å². The van der Waals surface area contributed by atoms with Crippen LogP contribution in [0.2, 0.25) is 5.02 Å². The monoisotopic (exact) mass is 1020 g/mol. The molecule has 3 aliphatic rings. The van der Waals surface area contributed by atoms with Crippen molar-refractivity contribution < 1.29 is 19.5 Å². The smallest absolute Gasteiger partial charge is 0.248 e. The van der Waals surface area contributed by atoms with Crippen molar-refractivity contribution in [3.8, 4) is 26.6 Å². The van der Waals surface area contributed by atoms with Crippen LogP contribution in [-0.2, 0) is 14.4 Å². The van der Waals surface area contributed by atoms with Crippen molar-refractivity contribution in [3.05, 3.63) is 134 Å². The van der Waals surface area contributed by atoms with Crippen molar-refractivity contribution in [1.29, 1.82) is 0 Å². The van der Waals surface area contributed by atoms with E-state index in [1.165, 1.54) is 9.78 Å².